The maximum Gasteiger partial charge on any atom is 0.573 e. The number of ether oxygens (including phenoxy) is 1. The zero-order valence-electron chi connectivity index (χ0n) is 12.9. The summed E-state index contributed by atoms with van der Waals surface area (Å²) in [6.45, 7) is -0.0578. The highest BCUT2D eigenvalue weighted by Crippen LogP contribution is 2.37. The van der Waals surface area contributed by atoms with Gasteiger partial charge in [-0.15, -0.1) is 13.2 Å². The number of nitrogens with one attached hydrogen (secondary N) is 2. The monoisotopic (exact) mass is 353 g/mol. The van der Waals surface area contributed by atoms with Crippen molar-refractivity contribution >= 4 is 5.91 Å². The summed E-state index contributed by atoms with van der Waals surface area (Å²) in [6, 6.07) is 5.22. The molecule has 25 heavy (non-hydrogen) atoms. The first-order valence-corrected chi connectivity index (χ1v) is 7.54. The van der Waals surface area contributed by atoms with E-state index in [1.165, 1.54) is 18.3 Å². The minimum Gasteiger partial charge on any atom is -0.406 e. The van der Waals surface area contributed by atoms with Crippen molar-refractivity contribution in [1.82, 2.24) is 15.3 Å². The number of hydrogen-bond acceptors (Lipinski definition) is 4. The number of alkyl halides is 3. The molecule has 2 N–H and O–H groups in total. The summed E-state index contributed by atoms with van der Waals surface area (Å²) in [5.41, 5.74) is -0.287. The van der Waals surface area contributed by atoms with Crippen molar-refractivity contribution in [2.24, 2.45) is 0 Å². The predicted octanol–water partition coefficient (Wildman–Crippen LogP) is 2.48. The second kappa shape index (κ2) is 6.58. The molecule has 132 valence electrons. The molecule has 0 bridgehead atoms. The maximum atomic E-state index is 12.2. The van der Waals surface area contributed by atoms with Crippen LogP contribution in [0, 0.1) is 0 Å². The molecule has 1 aliphatic carbocycles. The van der Waals surface area contributed by atoms with Crippen LogP contribution in [0.25, 0.3) is 0 Å². The van der Waals surface area contributed by atoms with Crippen LogP contribution in [0.15, 0.2) is 35.3 Å². The molecule has 0 unspecified atom stereocenters. The molecular formula is C16H14F3N3O3. The van der Waals surface area contributed by atoms with Gasteiger partial charge in [0.05, 0.1) is 0 Å². The van der Waals surface area contributed by atoms with E-state index in [0.717, 1.165) is 25.0 Å². The van der Waals surface area contributed by atoms with E-state index < -0.39 is 17.8 Å². The van der Waals surface area contributed by atoms with Crippen molar-refractivity contribution in [2.75, 3.05) is 0 Å². The van der Waals surface area contributed by atoms with Crippen molar-refractivity contribution in [2.45, 2.75) is 31.7 Å². The topological polar surface area (TPSA) is 84.1 Å². The van der Waals surface area contributed by atoms with Crippen LogP contribution in [0.2, 0.25) is 0 Å². The van der Waals surface area contributed by atoms with E-state index in [4.69, 9.17) is 0 Å². The van der Waals surface area contributed by atoms with Gasteiger partial charge in [0, 0.05) is 18.7 Å². The molecule has 9 heteroatoms. The molecule has 0 radical (unpaired) electrons. The lowest BCUT2D eigenvalue weighted by molar-refractivity contribution is -0.274. The molecule has 0 saturated heterocycles. The number of hydrogen-bond donors (Lipinski definition) is 2. The van der Waals surface area contributed by atoms with Crippen LogP contribution in [-0.2, 0) is 6.54 Å². The first kappa shape index (κ1) is 17.0. The van der Waals surface area contributed by atoms with Crippen LogP contribution in [-0.4, -0.2) is 22.2 Å². The molecule has 2 aromatic rings. The first-order chi connectivity index (χ1) is 11.8. The number of aromatic amines is 1. The second-order valence-corrected chi connectivity index (χ2v) is 5.66. The molecular weight excluding hydrogens is 339 g/mol. The van der Waals surface area contributed by atoms with Gasteiger partial charge in [-0.3, -0.25) is 9.59 Å². The summed E-state index contributed by atoms with van der Waals surface area (Å²) < 4.78 is 40.4. The number of halogens is 3. The highest BCUT2D eigenvalue weighted by Gasteiger charge is 2.31. The minimum atomic E-state index is -4.79. The summed E-state index contributed by atoms with van der Waals surface area (Å²) in [4.78, 5) is 30.7. The molecule has 1 aliphatic rings. The average molecular weight is 353 g/mol. The molecule has 0 aliphatic heterocycles. The van der Waals surface area contributed by atoms with E-state index in [9.17, 15) is 22.8 Å². The van der Waals surface area contributed by atoms with Crippen molar-refractivity contribution in [1.29, 1.82) is 0 Å². The average Bonchev–Trinajstić information content (AvgIpc) is 3.36. The Balaban J connectivity index is 1.64. The van der Waals surface area contributed by atoms with Crippen molar-refractivity contribution < 1.29 is 22.7 Å². The lowest BCUT2D eigenvalue weighted by Crippen LogP contribution is -2.30. The highest BCUT2D eigenvalue weighted by molar-refractivity contribution is 5.93. The van der Waals surface area contributed by atoms with Crippen molar-refractivity contribution in [3.05, 3.63) is 57.8 Å². The molecule has 1 amide bonds. The third-order valence-electron chi connectivity index (χ3n) is 3.61. The van der Waals surface area contributed by atoms with Gasteiger partial charge in [-0.1, -0.05) is 12.1 Å². The summed E-state index contributed by atoms with van der Waals surface area (Å²) in [5.74, 6) is -0.217. The number of aromatic nitrogens is 2. The molecule has 1 aromatic carbocycles. The van der Waals surface area contributed by atoms with Crippen LogP contribution >= 0.6 is 0 Å². The van der Waals surface area contributed by atoms with Gasteiger partial charge in [0.1, 0.15) is 17.1 Å². The predicted molar refractivity (Wildman–Crippen MR) is 81.1 cm³/mol. The molecule has 0 atom stereocenters. The first-order valence-electron chi connectivity index (χ1n) is 7.54. The van der Waals surface area contributed by atoms with Crippen molar-refractivity contribution in [3.63, 3.8) is 0 Å². The Morgan fingerprint density at radius 3 is 2.76 bits per heavy atom. The lowest BCUT2D eigenvalue weighted by atomic mass is 10.2. The van der Waals surface area contributed by atoms with Crippen LogP contribution in [0.4, 0.5) is 13.2 Å². The normalized spacial score (nSPS) is 14.2. The van der Waals surface area contributed by atoms with E-state index in [1.54, 1.807) is 0 Å². The third kappa shape index (κ3) is 4.59. The fourth-order valence-corrected chi connectivity index (χ4v) is 2.26. The number of amides is 1. The highest BCUT2D eigenvalue weighted by atomic mass is 19.4. The summed E-state index contributed by atoms with van der Waals surface area (Å²) in [7, 11) is 0. The Hall–Kier alpha value is -2.84. The zero-order valence-corrected chi connectivity index (χ0v) is 12.9. The minimum absolute atomic E-state index is 0.0578. The number of benzene rings is 1. The fraction of sp³-hybridized carbons (Fsp3) is 0.312. The van der Waals surface area contributed by atoms with Crippen LogP contribution in [0.5, 0.6) is 5.75 Å². The Labute approximate surface area is 140 Å². The molecule has 3 rings (SSSR count). The number of rotatable bonds is 5. The largest absolute Gasteiger partial charge is 0.573 e. The molecule has 1 aromatic heterocycles. The summed E-state index contributed by atoms with van der Waals surface area (Å²) in [5, 5.41) is 2.47. The van der Waals surface area contributed by atoms with Crippen LogP contribution in [0.3, 0.4) is 0 Å². The second-order valence-electron chi connectivity index (χ2n) is 5.66. The van der Waals surface area contributed by atoms with Gasteiger partial charge in [-0.2, -0.15) is 0 Å². The van der Waals surface area contributed by atoms with Gasteiger partial charge in [-0.25, -0.2) is 4.98 Å². The zero-order chi connectivity index (χ0) is 18.0. The Morgan fingerprint density at radius 2 is 2.12 bits per heavy atom. The van der Waals surface area contributed by atoms with E-state index in [0.29, 0.717) is 11.4 Å². The van der Waals surface area contributed by atoms with Gasteiger partial charge in [0.2, 0.25) is 0 Å². The van der Waals surface area contributed by atoms with E-state index in [1.807, 2.05) is 0 Å². The lowest BCUT2D eigenvalue weighted by Gasteiger charge is -2.10. The van der Waals surface area contributed by atoms with Crippen LogP contribution in [0.1, 0.15) is 40.5 Å². The molecule has 1 heterocycles. The van der Waals surface area contributed by atoms with Crippen LogP contribution < -0.4 is 15.6 Å². The molecule has 1 saturated carbocycles. The molecule has 6 nitrogen and oxygen atoms in total. The van der Waals surface area contributed by atoms with E-state index in [-0.39, 0.29) is 23.8 Å². The quantitative estimate of drug-likeness (QED) is 0.865. The van der Waals surface area contributed by atoms with E-state index in [2.05, 4.69) is 20.0 Å². The number of carbonyl (C=O) groups is 1. The Kier molecular flexibility index (Phi) is 4.47. The molecule has 0 spiro atoms. The summed E-state index contributed by atoms with van der Waals surface area (Å²) >= 11 is 0. The van der Waals surface area contributed by atoms with Gasteiger partial charge in [-0.05, 0) is 30.5 Å². The molecule has 1 fully saturated rings. The Morgan fingerprint density at radius 1 is 1.36 bits per heavy atom. The number of carbonyl (C=O) groups excluding carboxylic acids is 1. The summed E-state index contributed by atoms with van der Waals surface area (Å²) in [6.07, 6.45) is -1.65. The van der Waals surface area contributed by atoms with E-state index >= 15 is 0 Å². The number of nitrogens with zero attached hydrogens (tertiary/aromatic N) is 1. The SMILES string of the molecule is O=C(NCc1cccc(OC(F)(F)F)c1)c1cnc(C2CC2)[nH]c1=O. The van der Waals surface area contributed by atoms with Crippen molar-refractivity contribution in [3.8, 4) is 5.75 Å². The maximum absolute atomic E-state index is 12.2. The smallest absolute Gasteiger partial charge is 0.406 e. The third-order valence-corrected chi connectivity index (χ3v) is 3.61. The van der Waals surface area contributed by atoms with Gasteiger partial charge < -0.3 is 15.0 Å². The standard InChI is InChI=1S/C16H14F3N3O3/c17-16(18,19)25-11-3-1-2-9(6-11)7-21-14(23)12-8-20-13(10-4-5-10)22-15(12)24/h1-3,6,8,10H,4-5,7H2,(H,21,23)(H,20,22,24). The fourth-order valence-electron chi connectivity index (χ4n) is 2.26. The number of H-pyrrole nitrogens is 1. The van der Waals surface area contributed by atoms with Gasteiger partial charge >= 0.3 is 6.36 Å². The van der Waals surface area contributed by atoms with Gasteiger partial charge in [0.15, 0.2) is 0 Å². The van der Waals surface area contributed by atoms with Gasteiger partial charge in [0.25, 0.3) is 11.5 Å². The Bertz CT molecular complexity index is 844.